The summed E-state index contributed by atoms with van der Waals surface area (Å²) in [5.74, 6) is -0.517. The minimum Gasteiger partial charge on any atom is -0.492 e. The Balaban J connectivity index is 1.58. The van der Waals surface area contributed by atoms with Crippen LogP contribution in [0.3, 0.4) is 0 Å². The average molecular weight is 445 g/mol. The summed E-state index contributed by atoms with van der Waals surface area (Å²) in [6.45, 7) is 6.20. The Morgan fingerprint density at radius 2 is 1.45 bits per heavy atom. The fraction of sp³-hybridized carbons (Fsp3) is 0.185. The molecule has 2 amide bonds. The van der Waals surface area contributed by atoms with Gasteiger partial charge in [0.25, 0.3) is 11.8 Å². The van der Waals surface area contributed by atoms with E-state index in [1.807, 2.05) is 63.2 Å². The first-order valence-electron chi connectivity index (χ1n) is 10.7. The molecule has 0 aliphatic carbocycles. The number of benzene rings is 3. The number of carbonyl (C=O) groups excluding carboxylic acids is 2. The second-order valence-corrected chi connectivity index (χ2v) is 8.18. The maximum atomic E-state index is 13.3. The molecular formula is C27H25FN2O3. The smallest absolute Gasteiger partial charge is 0.278 e. The number of hydrogen-bond acceptors (Lipinski definition) is 4. The number of rotatable bonds is 7. The molecule has 1 heterocycles. The van der Waals surface area contributed by atoms with Gasteiger partial charge in [-0.2, -0.15) is 0 Å². The molecule has 4 rings (SSSR count). The highest BCUT2D eigenvalue weighted by molar-refractivity contribution is 6.36. The van der Waals surface area contributed by atoms with Gasteiger partial charge in [-0.3, -0.25) is 14.5 Å². The summed E-state index contributed by atoms with van der Waals surface area (Å²) in [5.41, 5.74) is 4.81. The normalized spacial score (nSPS) is 13.6. The van der Waals surface area contributed by atoms with Crippen molar-refractivity contribution < 1.29 is 18.7 Å². The third-order valence-electron chi connectivity index (χ3n) is 5.40. The van der Waals surface area contributed by atoms with E-state index in [1.54, 1.807) is 0 Å². The Hall–Kier alpha value is -3.93. The monoisotopic (exact) mass is 444 g/mol. The lowest BCUT2D eigenvalue weighted by molar-refractivity contribution is -0.137. The Morgan fingerprint density at radius 3 is 2.09 bits per heavy atom. The lowest BCUT2D eigenvalue weighted by Gasteiger charge is -2.16. The number of aryl methyl sites for hydroxylation is 3. The van der Waals surface area contributed by atoms with Crippen LogP contribution in [-0.4, -0.2) is 29.9 Å². The quantitative estimate of drug-likeness (QED) is 0.520. The van der Waals surface area contributed by atoms with Crippen molar-refractivity contribution >= 4 is 23.1 Å². The molecule has 0 saturated heterocycles. The fourth-order valence-corrected chi connectivity index (χ4v) is 3.83. The zero-order chi connectivity index (χ0) is 23.5. The number of carbonyl (C=O) groups is 2. The van der Waals surface area contributed by atoms with Crippen LogP contribution in [0.1, 0.15) is 22.3 Å². The van der Waals surface area contributed by atoms with Crippen LogP contribution >= 0.6 is 0 Å². The highest BCUT2D eigenvalue weighted by Gasteiger charge is 2.39. The Bertz CT molecular complexity index is 1210. The Kier molecular flexibility index (Phi) is 6.27. The third kappa shape index (κ3) is 4.95. The highest BCUT2D eigenvalue weighted by Crippen LogP contribution is 2.30. The van der Waals surface area contributed by atoms with Crippen molar-refractivity contribution in [3.05, 3.63) is 100 Å². The minimum atomic E-state index is -0.441. The van der Waals surface area contributed by atoms with E-state index in [0.29, 0.717) is 17.0 Å². The van der Waals surface area contributed by atoms with Crippen LogP contribution in [-0.2, 0) is 9.59 Å². The van der Waals surface area contributed by atoms with Gasteiger partial charge < -0.3 is 10.1 Å². The van der Waals surface area contributed by atoms with Gasteiger partial charge in [0.1, 0.15) is 23.9 Å². The van der Waals surface area contributed by atoms with E-state index in [4.69, 9.17) is 4.74 Å². The number of anilines is 1. The summed E-state index contributed by atoms with van der Waals surface area (Å²) < 4.78 is 19.1. The standard InChI is InChI=1S/C27H25FN2O3/c1-17-4-6-20(7-5-17)24-25(29-22-10-8-21(28)9-11-22)27(32)30(26(24)31)12-13-33-23-15-18(2)14-19(3)16-23/h4-11,14-16,29H,12-13H2,1-3H3. The van der Waals surface area contributed by atoms with Crippen LogP contribution in [0.4, 0.5) is 10.1 Å². The summed E-state index contributed by atoms with van der Waals surface area (Å²) in [5, 5.41) is 3.02. The number of halogens is 1. The van der Waals surface area contributed by atoms with Crippen molar-refractivity contribution in [1.29, 1.82) is 0 Å². The summed E-state index contributed by atoms with van der Waals surface area (Å²) in [6.07, 6.45) is 0. The van der Waals surface area contributed by atoms with Gasteiger partial charge in [-0.25, -0.2) is 4.39 Å². The third-order valence-corrected chi connectivity index (χ3v) is 5.40. The van der Waals surface area contributed by atoms with Crippen molar-refractivity contribution in [2.45, 2.75) is 20.8 Å². The predicted octanol–water partition coefficient (Wildman–Crippen LogP) is 5.02. The molecule has 33 heavy (non-hydrogen) atoms. The van der Waals surface area contributed by atoms with E-state index in [2.05, 4.69) is 5.32 Å². The van der Waals surface area contributed by atoms with Crippen LogP contribution in [0.15, 0.2) is 72.4 Å². The van der Waals surface area contributed by atoms with Gasteiger partial charge in [0, 0.05) is 5.69 Å². The van der Waals surface area contributed by atoms with Crippen molar-refractivity contribution in [3.63, 3.8) is 0 Å². The summed E-state index contributed by atoms with van der Waals surface area (Å²) in [7, 11) is 0. The van der Waals surface area contributed by atoms with Crippen molar-refractivity contribution in [3.8, 4) is 5.75 Å². The van der Waals surface area contributed by atoms with Crippen LogP contribution in [0.2, 0.25) is 0 Å². The molecule has 1 aliphatic heterocycles. The zero-order valence-electron chi connectivity index (χ0n) is 18.8. The highest BCUT2D eigenvalue weighted by atomic mass is 19.1. The van der Waals surface area contributed by atoms with Gasteiger partial charge in [-0.15, -0.1) is 0 Å². The molecule has 0 spiro atoms. The molecule has 0 bridgehead atoms. The van der Waals surface area contributed by atoms with Gasteiger partial charge in [-0.1, -0.05) is 35.9 Å². The van der Waals surface area contributed by atoms with Crippen LogP contribution < -0.4 is 10.1 Å². The maximum absolute atomic E-state index is 13.3. The molecule has 0 radical (unpaired) electrons. The predicted molar refractivity (Wildman–Crippen MR) is 126 cm³/mol. The average Bonchev–Trinajstić information content (AvgIpc) is 2.99. The molecule has 3 aromatic rings. The fourth-order valence-electron chi connectivity index (χ4n) is 3.83. The molecule has 0 saturated carbocycles. The number of imide groups is 1. The number of amides is 2. The second-order valence-electron chi connectivity index (χ2n) is 8.18. The summed E-state index contributed by atoms with van der Waals surface area (Å²) in [4.78, 5) is 27.7. The topological polar surface area (TPSA) is 58.6 Å². The van der Waals surface area contributed by atoms with Gasteiger partial charge in [-0.05, 0) is 73.9 Å². The first-order chi connectivity index (χ1) is 15.8. The van der Waals surface area contributed by atoms with Gasteiger partial charge >= 0.3 is 0 Å². The van der Waals surface area contributed by atoms with Gasteiger partial charge in [0.15, 0.2) is 0 Å². The minimum absolute atomic E-state index is 0.106. The number of nitrogens with one attached hydrogen (secondary N) is 1. The number of nitrogens with zero attached hydrogens (tertiary/aromatic N) is 1. The van der Waals surface area contributed by atoms with E-state index in [0.717, 1.165) is 16.7 Å². The van der Waals surface area contributed by atoms with Crippen LogP contribution in [0, 0.1) is 26.6 Å². The molecule has 0 unspecified atom stereocenters. The molecule has 0 fully saturated rings. The molecule has 0 aromatic heterocycles. The molecule has 0 atom stereocenters. The Morgan fingerprint density at radius 1 is 0.818 bits per heavy atom. The summed E-state index contributed by atoms with van der Waals surface area (Å²) >= 11 is 0. The van der Waals surface area contributed by atoms with E-state index in [1.165, 1.54) is 29.2 Å². The first-order valence-corrected chi connectivity index (χ1v) is 10.7. The molecule has 5 nitrogen and oxygen atoms in total. The SMILES string of the molecule is Cc1ccc(C2=C(Nc3ccc(F)cc3)C(=O)N(CCOc3cc(C)cc(C)c3)C2=O)cc1. The van der Waals surface area contributed by atoms with Gasteiger partial charge in [0.2, 0.25) is 0 Å². The van der Waals surface area contributed by atoms with E-state index >= 15 is 0 Å². The number of ether oxygens (including phenoxy) is 1. The van der Waals surface area contributed by atoms with E-state index < -0.39 is 11.8 Å². The lowest BCUT2D eigenvalue weighted by Crippen LogP contribution is -2.36. The molecule has 1 N–H and O–H groups in total. The molecule has 1 aliphatic rings. The maximum Gasteiger partial charge on any atom is 0.278 e. The lowest BCUT2D eigenvalue weighted by atomic mass is 10.0. The molecular weight excluding hydrogens is 419 g/mol. The van der Waals surface area contributed by atoms with Gasteiger partial charge in [0.05, 0.1) is 12.1 Å². The van der Waals surface area contributed by atoms with Crippen molar-refractivity contribution in [1.82, 2.24) is 4.90 Å². The zero-order valence-corrected chi connectivity index (χ0v) is 18.8. The van der Waals surface area contributed by atoms with Crippen molar-refractivity contribution in [2.75, 3.05) is 18.5 Å². The van der Waals surface area contributed by atoms with E-state index in [-0.39, 0.29) is 30.2 Å². The molecule has 168 valence electrons. The van der Waals surface area contributed by atoms with E-state index in [9.17, 15) is 14.0 Å². The molecule has 3 aromatic carbocycles. The number of hydrogen-bond donors (Lipinski definition) is 1. The van der Waals surface area contributed by atoms with Crippen molar-refractivity contribution in [2.24, 2.45) is 0 Å². The summed E-state index contributed by atoms with van der Waals surface area (Å²) in [6, 6.07) is 18.9. The Labute approximate surface area is 192 Å². The van der Waals surface area contributed by atoms with Crippen LogP contribution in [0.25, 0.3) is 5.57 Å². The molecule has 6 heteroatoms. The largest absolute Gasteiger partial charge is 0.492 e. The second kappa shape index (κ2) is 9.28. The first kappa shape index (κ1) is 22.3. The van der Waals surface area contributed by atoms with Crippen LogP contribution in [0.5, 0.6) is 5.75 Å².